The minimum Gasteiger partial charge on any atom is -0.481 e. The molecule has 18 heavy (non-hydrogen) atoms. The van der Waals surface area contributed by atoms with E-state index in [-0.39, 0.29) is 0 Å². The highest BCUT2D eigenvalue weighted by Gasteiger charge is 2.16. The largest absolute Gasteiger partial charge is 0.481 e. The maximum atomic E-state index is 5.25. The van der Waals surface area contributed by atoms with Gasteiger partial charge < -0.3 is 15.4 Å². The number of nitrogens with one attached hydrogen (secondary N) is 2. The zero-order chi connectivity index (χ0) is 12.8. The Labute approximate surface area is 109 Å². The lowest BCUT2D eigenvalue weighted by Crippen LogP contribution is -2.33. The van der Waals surface area contributed by atoms with Gasteiger partial charge >= 0.3 is 0 Å². The predicted octanol–water partition coefficient (Wildman–Crippen LogP) is 1.71. The van der Waals surface area contributed by atoms with Crippen LogP contribution in [0.25, 0.3) is 0 Å². The summed E-state index contributed by atoms with van der Waals surface area (Å²) in [6.45, 7) is 4.22. The molecule has 2 rings (SSSR count). The lowest BCUT2D eigenvalue weighted by atomic mass is 10.1. The average Bonchev–Trinajstić information content (AvgIpc) is 2.89. The van der Waals surface area contributed by atoms with Gasteiger partial charge in [-0.15, -0.1) is 0 Å². The van der Waals surface area contributed by atoms with Crippen molar-refractivity contribution in [1.29, 1.82) is 0 Å². The van der Waals surface area contributed by atoms with E-state index in [4.69, 9.17) is 4.74 Å². The predicted molar refractivity (Wildman–Crippen MR) is 72.7 cm³/mol. The number of hydrogen-bond donors (Lipinski definition) is 2. The van der Waals surface area contributed by atoms with Gasteiger partial charge in [-0.3, -0.25) is 0 Å². The molecule has 1 saturated heterocycles. The molecular weight excluding hydrogens is 226 g/mol. The Balaban J connectivity index is 1.79. The van der Waals surface area contributed by atoms with Crippen LogP contribution in [0.15, 0.2) is 18.3 Å². The molecule has 2 N–H and O–H groups in total. The molecule has 0 aliphatic carbocycles. The maximum absolute atomic E-state index is 5.25. The maximum Gasteiger partial charge on any atom is 0.217 e. The summed E-state index contributed by atoms with van der Waals surface area (Å²) in [5.74, 6) is 0.719. The highest BCUT2D eigenvalue weighted by Crippen LogP contribution is 2.15. The van der Waals surface area contributed by atoms with Crippen LogP contribution in [0, 0.1) is 0 Å². The van der Waals surface area contributed by atoms with Crippen LogP contribution in [0.5, 0.6) is 5.88 Å². The number of nitrogens with zero attached hydrogens (tertiary/aromatic N) is 1. The Morgan fingerprint density at radius 2 is 2.50 bits per heavy atom. The molecule has 1 fully saturated rings. The van der Waals surface area contributed by atoms with Crippen molar-refractivity contribution in [1.82, 2.24) is 15.6 Å². The molecule has 4 heteroatoms. The van der Waals surface area contributed by atoms with E-state index in [1.807, 2.05) is 6.07 Å². The second kappa shape index (κ2) is 6.71. The Hall–Kier alpha value is -1.13. The summed E-state index contributed by atoms with van der Waals surface area (Å²) in [5, 5.41) is 7.07. The van der Waals surface area contributed by atoms with Crippen molar-refractivity contribution in [2.24, 2.45) is 0 Å². The summed E-state index contributed by atoms with van der Waals surface area (Å²) in [5.41, 5.74) is 1.12. The second-order valence-electron chi connectivity index (χ2n) is 4.98. The zero-order valence-corrected chi connectivity index (χ0v) is 11.3. The van der Waals surface area contributed by atoms with E-state index in [2.05, 4.69) is 28.6 Å². The lowest BCUT2D eigenvalue weighted by molar-refractivity contribution is 0.385. The van der Waals surface area contributed by atoms with Crippen LogP contribution < -0.4 is 15.4 Å². The van der Waals surface area contributed by atoms with Crippen LogP contribution in [0.1, 0.15) is 31.7 Å². The van der Waals surface area contributed by atoms with Gasteiger partial charge in [0.2, 0.25) is 5.88 Å². The first-order chi connectivity index (χ1) is 8.79. The summed E-state index contributed by atoms with van der Waals surface area (Å²) in [4.78, 5) is 4.20. The summed E-state index contributed by atoms with van der Waals surface area (Å²) in [6, 6.07) is 5.19. The third-order valence-electron chi connectivity index (χ3n) is 3.48. The van der Waals surface area contributed by atoms with Crippen molar-refractivity contribution in [2.75, 3.05) is 13.7 Å². The summed E-state index contributed by atoms with van der Waals surface area (Å²) >= 11 is 0. The van der Waals surface area contributed by atoms with Gasteiger partial charge in [-0.2, -0.15) is 0 Å². The molecular formula is C14H23N3O. The SMILES string of the molecule is COc1ncccc1CNC(C)CC1CCCN1. The monoisotopic (exact) mass is 249 g/mol. The fraction of sp³-hybridized carbons (Fsp3) is 0.643. The standard InChI is InChI=1S/C14H23N3O/c1-11(9-13-6-4-7-15-13)17-10-12-5-3-8-16-14(12)18-2/h3,5,8,11,13,15,17H,4,6-7,9-10H2,1-2H3. The third kappa shape index (κ3) is 3.68. The van der Waals surface area contributed by atoms with E-state index in [1.54, 1.807) is 13.3 Å². The Morgan fingerprint density at radius 3 is 3.22 bits per heavy atom. The number of methoxy groups -OCH3 is 1. The van der Waals surface area contributed by atoms with E-state index in [0.29, 0.717) is 12.1 Å². The third-order valence-corrected chi connectivity index (χ3v) is 3.48. The highest BCUT2D eigenvalue weighted by molar-refractivity contribution is 5.25. The van der Waals surface area contributed by atoms with Crippen molar-refractivity contribution in [3.8, 4) is 5.88 Å². The summed E-state index contributed by atoms with van der Waals surface area (Å²) in [7, 11) is 1.66. The minimum atomic E-state index is 0.505. The second-order valence-corrected chi connectivity index (χ2v) is 4.98. The number of aromatic nitrogens is 1. The van der Waals surface area contributed by atoms with E-state index in [1.165, 1.54) is 25.8 Å². The molecule has 0 spiro atoms. The molecule has 100 valence electrons. The Bertz CT molecular complexity index is 364. The van der Waals surface area contributed by atoms with Crippen molar-refractivity contribution < 1.29 is 4.74 Å². The van der Waals surface area contributed by atoms with E-state index >= 15 is 0 Å². The smallest absolute Gasteiger partial charge is 0.217 e. The van der Waals surface area contributed by atoms with Crippen molar-refractivity contribution in [2.45, 2.75) is 44.8 Å². The molecule has 0 amide bonds. The van der Waals surface area contributed by atoms with Gasteiger partial charge in [-0.1, -0.05) is 6.07 Å². The van der Waals surface area contributed by atoms with Crippen molar-refractivity contribution >= 4 is 0 Å². The fourth-order valence-corrected chi connectivity index (χ4v) is 2.49. The molecule has 1 aliphatic rings. The normalized spacial score (nSPS) is 20.9. The molecule has 2 unspecified atom stereocenters. The molecule has 1 aromatic heterocycles. The van der Waals surface area contributed by atoms with Crippen LogP contribution >= 0.6 is 0 Å². The van der Waals surface area contributed by atoms with Gasteiger partial charge in [-0.25, -0.2) is 4.98 Å². The first-order valence-corrected chi connectivity index (χ1v) is 6.74. The van der Waals surface area contributed by atoms with Crippen LogP contribution in [-0.2, 0) is 6.54 Å². The molecule has 0 aromatic carbocycles. The number of hydrogen-bond acceptors (Lipinski definition) is 4. The summed E-state index contributed by atoms with van der Waals surface area (Å²) in [6.07, 6.45) is 5.56. The molecule has 4 nitrogen and oxygen atoms in total. The summed E-state index contributed by atoms with van der Waals surface area (Å²) < 4.78 is 5.25. The van der Waals surface area contributed by atoms with Gasteiger partial charge in [0.1, 0.15) is 0 Å². The number of pyridine rings is 1. The van der Waals surface area contributed by atoms with Gasteiger partial charge in [-0.05, 0) is 38.8 Å². The van der Waals surface area contributed by atoms with Crippen molar-refractivity contribution in [3.63, 3.8) is 0 Å². The topological polar surface area (TPSA) is 46.2 Å². The quantitative estimate of drug-likeness (QED) is 0.805. The van der Waals surface area contributed by atoms with Gasteiger partial charge in [0, 0.05) is 30.4 Å². The van der Waals surface area contributed by atoms with Crippen LogP contribution in [0.4, 0.5) is 0 Å². The van der Waals surface area contributed by atoms with Crippen LogP contribution in [-0.4, -0.2) is 30.7 Å². The fourth-order valence-electron chi connectivity index (χ4n) is 2.49. The molecule has 1 aliphatic heterocycles. The van der Waals surface area contributed by atoms with Crippen LogP contribution in [0.3, 0.4) is 0 Å². The number of ether oxygens (including phenoxy) is 1. The lowest BCUT2D eigenvalue weighted by Gasteiger charge is -2.18. The van der Waals surface area contributed by atoms with E-state index < -0.39 is 0 Å². The average molecular weight is 249 g/mol. The molecule has 2 heterocycles. The zero-order valence-electron chi connectivity index (χ0n) is 11.3. The molecule has 0 bridgehead atoms. The molecule has 0 saturated carbocycles. The Morgan fingerprint density at radius 1 is 1.61 bits per heavy atom. The Kier molecular flexibility index (Phi) is 4.96. The first-order valence-electron chi connectivity index (χ1n) is 6.74. The van der Waals surface area contributed by atoms with E-state index in [0.717, 1.165) is 18.0 Å². The molecule has 1 aromatic rings. The highest BCUT2D eigenvalue weighted by atomic mass is 16.5. The van der Waals surface area contributed by atoms with Crippen LogP contribution in [0.2, 0.25) is 0 Å². The number of rotatable bonds is 6. The first kappa shape index (κ1) is 13.3. The van der Waals surface area contributed by atoms with Gasteiger partial charge in [0.15, 0.2) is 0 Å². The van der Waals surface area contributed by atoms with Gasteiger partial charge in [0.25, 0.3) is 0 Å². The van der Waals surface area contributed by atoms with Crippen molar-refractivity contribution in [3.05, 3.63) is 23.9 Å². The molecule has 0 radical (unpaired) electrons. The molecule has 2 atom stereocenters. The van der Waals surface area contributed by atoms with Gasteiger partial charge in [0.05, 0.1) is 7.11 Å². The minimum absolute atomic E-state index is 0.505. The van der Waals surface area contributed by atoms with E-state index in [9.17, 15) is 0 Å².